The lowest BCUT2D eigenvalue weighted by Crippen LogP contribution is -2.35. The van der Waals surface area contributed by atoms with E-state index in [9.17, 15) is 9.59 Å². The molecular weight excluding hydrogens is 276 g/mol. The summed E-state index contributed by atoms with van der Waals surface area (Å²) in [6.07, 6.45) is 0.753. The molecule has 0 aliphatic heterocycles. The number of amides is 2. The van der Waals surface area contributed by atoms with Crippen LogP contribution in [0.25, 0.3) is 0 Å². The normalized spacial score (nSPS) is 9.71. The molecule has 2 amide bonds. The molecule has 0 heterocycles. The predicted octanol–water partition coefficient (Wildman–Crippen LogP) is 1.18. The first-order valence-corrected chi connectivity index (χ1v) is 6.46. The van der Waals surface area contributed by atoms with Crippen LogP contribution in [0.2, 0.25) is 0 Å². The van der Waals surface area contributed by atoms with Gasteiger partial charge in [-0.15, -0.1) is 0 Å². The van der Waals surface area contributed by atoms with Gasteiger partial charge < -0.3 is 24.8 Å². The number of rotatable bonds is 6. The zero-order chi connectivity index (χ0) is 15.8. The molecule has 0 saturated heterocycles. The van der Waals surface area contributed by atoms with Gasteiger partial charge in [-0.1, -0.05) is 6.92 Å². The standard InChI is InChI=1S/C14H20N2O5/c1-5-6-15-13(17)14(18)16-9-7-10(19-2)12(21-4)11(8-9)20-3/h7-8H,5-6H2,1-4H3,(H,15,17)(H,16,18). The second-order valence-electron chi connectivity index (χ2n) is 4.12. The minimum absolute atomic E-state index is 0.376. The highest BCUT2D eigenvalue weighted by molar-refractivity contribution is 6.39. The number of benzene rings is 1. The summed E-state index contributed by atoms with van der Waals surface area (Å²) in [7, 11) is 4.42. The van der Waals surface area contributed by atoms with Crippen molar-refractivity contribution in [2.45, 2.75) is 13.3 Å². The smallest absolute Gasteiger partial charge is 0.313 e. The van der Waals surface area contributed by atoms with Crippen LogP contribution in [0.3, 0.4) is 0 Å². The number of carbonyl (C=O) groups excluding carboxylic acids is 2. The molecule has 0 aromatic heterocycles. The average molecular weight is 296 g/mol. The van der Waals surface area contributed by atoms with Gasteiger partial charge in [0, 0.05) is 24.4 Å². The van der Waals surface area contributed by atoms with Crippen molar-refractivity contribution in [2.24, 2.45) is 0 Å². The van der Waals surface area contributed by atoms with Gasteiger partial charge in [0.25, 0.3) is 0 Å². The fourth-order valence-corrected chi connectivity index (χ4v) is 1.66. The second-order valence-corrected chi connectivity index (χ2v) is 4.12. The van der Waals surface area contributed by atoms with Gasteiger partial charge in [0.1, 0.15) is 0 Å². The van der Waals surface area contributed by atoms with Crippen molar-refractivity contribution in [1.29, 1.82) is 0 Å². The number of hydrogen-bond acceptors (Lipinski definition) is 5. The molecule has 0 bridgehead atoms. The largest absolute Gasteiger partial charge is 0.493 e. The summed E-state index contributed by atoms with van der Waals surface area (Å²) in [5.41, 5.74) is 0.376. The molecule has 1 aromatic carbocycles. The first-order valence-electron chi connectivity index (χ1n) is 6.46. The van der Waals surface area contributed by atoms with Gasteiger partial charge in [0.2, 0.25) is 5.75 Å². The summed E-state index contributed by atoms with van der Waals surface area (Å²) in [5.74, 6) is -0.251. The van der Waals surface area contributed by atoms with Crippen LogP contribution in [-0.2, 0) is 9.59 Å². The molecule has 7 nitrogen and oxygen atoms in total. The van der Waals surface area contributed by atoms with E-state index in [1.807, 2.05) is 6.92 Å². The van der Waals surface area contributed by atoms with Crippen molar-refractivity contribution in [3.05, 3.63) is 12.1 Å². The summed E-state index contributed by atoms with van der Waals surface area (Å²) in [6.45, 7) is 2.35. The molecular formula is C14H20N2O5. The Kier molecular flexibility index (Phi) is 6.32. The maximum absolute atomic E-state index is 11.7. The summed E-state index contributed by atoms with van der Waals surface area (Å²) in [4.78, 5) is 23.3. The summed E-state index contributed by atoms with van der Waals surface area (Å²) in [6, 6.07) is 3.10. The number of hydrogen-bond donors (Lipinski definition) is 2. The molecule has 0 aliphatic rings. The van der Waals surface area contributed by atoms with Gasteiger partial charge in [-0.3, -0.25) is 9.59 Å². The quantitative estimate of drug-likeness (QED) is 0.770. The molecule has 1 rings (SSSR count). The third kappa shape index (κ3) is 4.27. The number of carbonyl (C=O) groups is 2. The molecule has 21 heavy (non-hydrogen) atoms. The van der Waals surface area contributed by atoms with E-state index in [0.717, 1.165) is 6.42 Å². The lowest BCUT2D eigenvalue weighted by molar-refractivity contribution is -0.136. The van der Waals surface area contributed by atoms with E-state index in [2.05, 4.69) is 10.6 Å². The zero-order valence-corrected chi connectivity index (χ0v) is 12.6. The minimum Gasteiger partial charge on any atom is -0.493 e. The third-order valence-electron chi connectivity index (χ3n) is 2.66. The Balaban J connectivity index is 2.93. The van der Waals surface area contributed by atoms with E-state index >= 15 is 0 Å². The van der Waals surface area contributed by atoms with Crippen molar-refractivity contribution in [1.82, 2.24) is 5.32 Å². The molecule has 0 fully saturated rings. The Morgan fingerprint density at radius 2 is 1.57 bits per heavy atom. The van der Waals surface area contributed by atoms with E-state index in [1.54, 1.807) is 12.1 Å². The first kappa shape index (κ1) is 16.6. The summed E-state index contributed by atoms with van der Waals surface area (Å²) in [5, 5.41) is 4.98. The van der Waals surface area contributed by atoms with Gasteiger partial charge in [0.05, 0.1) is 21.3 Å². The molecule has 116 valence electrons. The molecule has 0 aliphatic carbocycles. The Labute approximate surface area is 123 Å². The number of ether oxygens (including phenoxy) is 3. The van der Waals surface area contributed by atoms with Crippen molar-refractivity contribution < 1.29 is 23.8 Å². The van der Waals surface area contributed by atoms with Gasteiger partial charge in [0.15, 0.2) is 11.5 Å². The summed E-state index contributed by atoms with van der Waals surface area (Å²) >= 11 is 0. The molecule has 0 saturated carbocycles. The fraction of sp³-hybridized carbons (Fsp3) is 0.429. The third-order valence-corrected chi connectivity index (χ3v) is 2.66. The predicted molar refractivity (Wildman–Crippen MR) is 78.0 cm³/mol. The van der Waals surface area contributed by atoms with Crippen LogP contribution in [0.5, 0.6) is 17.2 Å². The highest BCUT2D eigenvalue weighted by atomic mass is 16.5. The van der Waals surface area contributed by atoms with Crippen LogP contribution in [-0.4, -0.2) is 39.7 Å². The lowest BCUT2D eigenvalue weighted by atomic mass is 10.2. The fourth-order valence-electron chi connectivity index (χ4n) is 1.66. The van der Waals surface area contributed by atoms with Gasteiger partial charge in [-0.2, -0.15) is 0 Å². The SMILES string of the molecule is CCCNC(=O)C(=O)Nc1cc(OC)c(OC)c(OC)c1. The topological polar surface area (TPSA) is 85.9 Å². The second kappa shape index (κ2) is 7.98. The molecule has 0 atom stereocenters. The maximum atomic E-state index is 11.7. The monoisotopic (exact) mass is 296 g/mol. The van der Waals surface area contributed by atoms with Gasteiger partial charge >= 0.3 is 11.8 Å². The maximum Gasteiger partial charge on any atom is 0.313 e. The Morgan fingerprint density at radius 1 is 1.00 bits per heavy atom. The van der Waals surface area contributed by atoms with Crippen molar-refractivity contribution in [2.75, 3.05) is 33.2 Å². The van der Waals surface area contributed by atoms with Crippen molar-refractivity contribution in [3.63, 3.8) is 0 Å². The van der Waals surface area contributed by atoms with Crippen LogP contribution in [0, 0.1) is 0 Å². The van der Waals surface area contributed by atoms with Crippen LogP contribution >= 0.6 is 0 Å². The molecule has 7 heteroatoms. The molecule has 1 aromatic rings. The van der Waals surface area contributed by atoms with Crippen LogP contribution in [0.4, 0.5) is 5.69 Å². The Morgan fingerprint density at radius 3 is 2.00 bits per heavy atom. The number of methoxy groups -OCH3 is 3. The van der Waals surface area contributed by atoms with E-state index in [1.165, 1.54) is 21.3 Å². The van der Waals surface area contributed by atoms with E-state index < -0.39 is 11.8 Å². The van der Waals surface area contributed by atoms with Crippen molar-refractivity contribution >= 4 is 17.5 Å². The zero-order valence-electron chi connectivity index (χ0n) is 12.6. The van der Waals surface area contributed by atoms with Crippen molar-refractivity contribution in [3.8, 4) is 17.2 Å². The van der Waals surface area contributed by atoms with Crippen LogP contribution < -0.4 is 24.8 Å². The van der Waals surface area contributed by atoms with E-state index in [-0.39, 0.29) is 0 Å². The van der Waals surface area contributed by atoms with E-state index in [0.29, 0.717) is 29.5 Å². The lowest BCUT2D eigenvalue weighted by Gasteiger charge is -2.14. The Bertz CT molecular complexity index is 491. The average Bonchev–Trinajstić information content (AvgIpc) is 2.51. The van der Waals surface area contributed by atoms with Crippen LogP contribution in [0.15, 0.2) is 12.1 Å². The minimum atomic E-state index is -0.752. The molecule has 0 unspecified atom stereocenters. The van der Waals surface area contributed by atoms with Gasteiger partial charge in [-0.25, -0.2) is 0 Å². The number of nitrogens with one attached hydrogen (secondary N) is 2. The van der Waals surface area contributed by atoms with Crippen LogP contribution in [0.1, 0.15) is 13.3 Å². The molecule has 2 N–H and O–H groups in total. The van der Waals surface area contributed by atoms with E-state index in [4.69, 9.17) is 14.2 Å². The number of anilines is 1. The highest BCUT2D eigenvalue weighted by Crippen LogP contribution is 2.39. The molecule has 0 radical (unpaired) electrons. The summed E-state index contributed by atoms with van der Waals surface area (Å²) < 4.78 is 15.5. The van der Waals surface area contributed by atoms with Gasteiger partial charge in [-0.05, 0) is 6.42 Å². The first-order chi connectivity index (χ1) is 10.1. The Hall–Kier alpha value is -2.44. The highest BCUT2D eigenvalue weighted by Gasteiger charge is 2.17. The molecule has 0 spiro atoms.